The third-order valence-electron chi connectivity index (χ3n) is 4.92. The molecule has 4 heteroatoms. The Kier molecular flexibility index (Phi) is 6.97. The van der Waals surface area contributed by atoms with Crippen molar-refractivity contribution in [2.24, 2.45) is 5.92 Å². The lowest BCUT2D eigenvalue weighted by molar-refractivity contribution is -0.145. The number of carbonyl (C=O) groups is 1. The number of nitrogens with zero attached hydrogens (tertiary/aromatic N) is 1. The van der Waals surface area contributed by atoms with Crippen molar-refractivity contribution in [1.82, 2.24) is 10.2 Å². The van der Waals surface area contributed by atoms with Gasteiger partial charge in [0.2, 0.25) is 0 Å². The molecule has 2 rings (SSSR count). The van der Waals surface area contributed by atoms with Gasteiger partial charge in [-0.05, 0) is 32.1 Å². The molecule has 0 aromatic heterocycles. The van der Waals surface area contributed by atoms with Crippen molar-refractivity contribution in [2.45, 2.75) is 70.9 Å². The Balaban J connectivity index is 1.83. The summed E-state index contributed by atoms with van der Waals surface area (Å²) in [7, 11) is 0. The third kappa shape index (κ3) is 5.59. The zero-order chi connectivity index (χ0) is 15.1. The second-order valence-electron chi connectivity index (χ2n) is 6.71. The van der Waals surface area contributed by atoms with E-state index in [0.717, 1.165) is 13.1 Å². The molecule has 2 unspecified atom stereocenters. The normalized spacial score (nSPS) is 28.5. The van der Waals surface area contributed by atoms with E-state index < -0.39 is 0 Å². The van der Waals surface area contributed by atoms with E-state index in [9.17, 15) is 4.79 Å². The maximum absolute atomic E-state index is 11.7. The van der Waals surface area contributed by atoms with Crippen LogP contribution < -0.4 is 5.32 Å². The molecular weight excluding hydrogens is 264 g/mol. The summed E-state index contributed by atoms with van der Waals surface area (Å²) in [4.78, 5) is 14.0. The molecule has 1 aliphatic carbocycles. The molecule has 2 aliphatic rings. The Hall–Kier alpha value is -0.610. The van der Waals surface area contributed by atoms with E-state index in [4.69, 9.17) is 4.74 Å². The zero-order valence-electron chi connectivity index (χ0n) is 13.8. The average molecular weight is 296 g/mol. The summed E-state index contributed by atoms with van der Waals surface area (Å²) < 4.78 is 5.10. The fourth-order valence-corrected chi connectivity index (χ4v) is 3.84. The summed E-state index contributed by atoms with van der Waals surface area (Å²) in [6.45, 7) is 7.09. The Morgan fingerprint density at radius 3 is 2.57 bits per heavy atom. The number of hydrogen-bond acceptors (Lipinski definition) is 4. The van der Waals surface area contributed by atoms with E-state index in [0.29, 0.717) is 31.2 Å². The number of esters is 1. The number of piperidine rings is 1. The fourth-order valence-electron chi connectivity index (χ4n) is 3.84. The third-order valence-corrected chi connectivity index (χ3v) is 4.92. The lowest BCUT2D eigenvalue weighted by Crippen LogP contribution is -2.53. The number of likely N-dealkylation sites (tertiary alicyclic amines) is 1. The van der Waals surface area contributed by atoms with Crippen LogP contribution in [0.1, 0.15) is 58.8 Å². The molecule has 2 fully saturated rings. The molecule has 2 atom stereocenters. The Morgan fingerprint density at radius 2 is 1.90 bits per heavy atom. The van der Waals surface area contributed by atoms with E-state index in [2.05, 4.69) is 17.1 Å². The van der Waals surface area contributed by atoms with Crippen molar-refractivity contribution >= 4 is 5.97 Å². The SMILES string of the molecule is CCOC(=O)CN1CC(CC)CC(NC2CCCCC2)C1. The first-order valence-electron chi connectivity index (χ1n) is 8.85. The van der Waals surface area contributed by atoms with Crippen LogP contribution in [-0.4, -0.2) is 49.2 Å². The highest BCUT2D eigenvalue weighted by Crippen LogP contribution is 2.23. The van der Waals surface area contributed by atoms with Crippen molar-refractivity contribution in [3.05, 3.63) is 0 Å². The largest absolute Gasteiger partial charge is 0.465 e. The number of hydrogen-bond donors (Lipinski definition) is 1. The standard InChI is InChI=1S/C17H32N2O2/c1-3-14-10-16(18-15-8-6-5-7-9-15)12-19(11-14)13-17(20)21-4-2/h14-16,18H,3-13H2,1-2H3. The average Bonchev–Trinajstić information content (AvgIpc) is 2.48. The smallest absolute Gasteiger partial charge is 0.320 e. The Bertz CT molecular complexity index is 316. The van der Waals surface area contributed by atoms with Gasteiger partial charge in [0, 0.05) is 25.2 Å². The zero-order valence-corrected chi connectivity index (χ0v) is 13.8. The van der Waals surface area contributed by atoms with Crippen LogP contribution in [0, 0.1) is 5.92 Å². The van der Waals surface area contributed by atoms with Gasteiger partial charge in [0.05, 0.1) is 13.2 Å². The molecular formula is C17H32N2O2. The first-order chi connectivity index (χ1) is 10.2. The van der Waals surface area contributed by atoms with Gasteiger partial charge in [-0.25, -0.2) is 0 Å². The highest BCUT2D eigenvalue weighted by molar-refractivity contribution is 5.71. The predicted octanol–water partition coefficient (Wildman–Crippen LogP) is 2.57. The Labute approximate surface area is 129 Å². The second kappa shape index (κ2) is 8.74. The van der Waals surface area contributed by atoms with E-state index >= 15 is 0 Å². The van der Waals surface area contributed by atoms with E-state index in [-0.39, 0.29) is 5.97 Å². The van der Waals surface area contributed by atoms with E-state index in [1.807, 2.05) is 6.92 Å². The first-order valence-corrected chi connectivity index (χ1v) is 8.85. The summed E-state index contributed by atoms with van der Waals surface area (Å²) in [6, 6.07) is 1.24. The van der Waals surface area contributed by atoms with Crippen molar-refractivity contribution in [1.29, 1.82) is 0 Å². The molecule has 1 aliphatic heterocycles. The van der Waals surface area contributed by atoms with Gasteiger partial charge in [-0.15, -0.1) is 0 Å². The van der Waals surface area contributed by atoms with Crippen LogP contribution in [0.3, 0.4) is 0 Å². The second-order valence-corrected chi connectivity index (χ2v) is 6.71. The van der Waals surface area contributed by atoms with E-state index in [1.165, 1.54) is 44.9 Å². The Morgan fingerprint density at radius 1 is 1.14 bits per heavy atom. The molecule has 21 heavy (non-hydrogen) atoms. The highest BCUT2D eigenvalue weighted by atomic mass is 16.5. The number of carbonyl (C=O) groups excluding carboxylic acids is 1. The number of ether oxygens (including phenoxy) is 1. The molecule has 1 saturated carbocycles. The summed E-state index contributed by atoms with van der Waals surface area (Å²) in [5.41, 5.74) is 0. The summed E-state index contributed by atoms with van der Waals surface area (Å²) >= 11 is 0. The van der Waals surface area contributed by atoms with Crippen molar-refractivity contribution in [3.8, 4) is 0 Å². The highest BCUT2D eigenvalue weighted by Gasteiger charge is 2.29. The molecule has 0 radical (unpaired) electrons. The van der Waals surface area contributed by atoms with Crippen molar-refractivity contribution in [3.63, 3.8) is 0 Å². The van der Waals surface area contributed by atoms with Gasteiger partial charge in [-0.3, -0.25) is 9.69 Å². The van der Waals surface area contributed by atoms with Gasteiger partial charge < -0.3 is 10.1 Å². The van der Waals surface area contributed by atoms with Crippen LogP contribution >= 0.6 is 0 Å². The molecule has 4 nitrogen and oxygen atoms in total. The first kappa shape index (κ1) is 16.8. The number of rotatable bonds is 6. The van der Waals surface area contributed by atoms with Gasteiger partial charge in [0.1, 0.15) is 0 Å². The molecule has 0 spiro atoms. The van der Waals surface area contributed by atoms with Crippen molar-refractivity contribution < 1.29 is 9.53 Å². The maximum atomic E-state index is 11.7. The van der Waals surface area contributed by atoms with Crippen LogP contribution in [0.5, 0.6) is 0 Å². The molecule has 0 bridgehead atoms. The van der Waals surface area contributed by atoms with Crippen LogP contribution in [0.25, 0.3) is 0 Å². The molecule has 0 amide bonds. The van der Waals surface area contributed by atoms with Gasteiger partial charge in [0.15, 0.2) is 0 Å². The minimum atomic E-state index is -0.0781. The molecule has 1 heterocycles. The lowest BCUT2D eigenvalue weighted by Gasteiger charge is -2.39. The van der Waals surface area contributed by atoms with Gasteiger partial charge >= 0.3 is 5.97 Å². The minimum Gasteiger partial charge on any atom is -0.465 e. The summed E-state index contributed by atoms with van der Waals surface area (Å²) in [5, 5.41) is 3.86. The van der Waals surface area contributed by atoms with E-state index in [1.54, 1.807) is 0 Å². The summed E-state index contributed by atoms with van der Waals surface area (Å²) in [6.07, 6.45) is 9.24. The predicted molar refractivity (Wildman–Crippen MR) is 85.3 cm³/mol. The molecule has 1 N–H and O–H groups in total. The van der Waals surface area contributed by atoms with Crippen LogP contribution in [0.2, 0.25) is 0 Å². The van der Waals surface area contributed by atoms with Crippen molar-refractivity contribution in [2.75, 3.05) is 26.2 Å². The quantitative estimate of drug-likeness (QED) is 0.765. The van der Waals surface area contributed by atoms with Gasteiger partial charge in [-0.1, -0.05) is 32.6 Å². The topological polar surface area (TPSA) is 41.6 Å². The van der Waals surface area contributed by atoms with Gasteiger partial charge in [0.25, 0.3) is 0 Å². The van der Waals surface area contributed by atoms with Gasteiger partial charge in [-0.2, -0.15) is 0 Å². The van der Waals surface area contributed by atoms with Crippen LogP contribution in [-0.2, 0) is 9.53 Å². The fraction of sp³-hybridized carbons (Fsp3) is 0.941. The minimum absolute atomic E-state index is 0.0781. The monoisotopic (exact) mass is 296 g/mol. The molecule has 122 valence electrons. The lowest BCUT2D eigenvalue weighted by atomic mass is 9.89. The summed E-state index contributed by atoms with van der Waals surface area (Å²) in [5.74, 6) is 0.625. The molecule has 0 aromatic rings. The maximum Gasteiger partial charge on any atom is 0.320 e. The molecule has 0 aromatic carbocycles. The molecule has 1 saturated heterocycles. The van der Waals surface area contributed by atoms with Crippen LogP contribution in [0.4, 0.5) is 0 Å². The van der Waals surface area contributed by atoms with Crippen LogP contribution in [0.15, 0.2) is 0 Å². The number of nitrogens with one attached hydrogen (secondary N) is 1.